The van der Waals surface area contributed by atoms with Crippen LogP contribution in [0.3, 0.4) is 0 Å². The second-order valence-corrected chi connectivity index (χ2v) is 6.28. The van der Waals surface area contributed by atoms with Gasteiger partial charge in [0.25, 0.3) is 0 Å². The number of morpholine rings is 1. The zero-order valence-electron chi connectivity index (χ0n) is 14.7. The molecule has 2 N–H and O–H groups in total. The monoisotopic (exact) mass is 344 g/mol. The molecule has 1 atom stereocenters. The van der Waals surface area contributed by atoms with Crippen molar-refractivity contribution in [3.8, 4) is 0 Å². The molecule has 0 aliphatic carbocycles. The van der Waals surface area contributed by atoms with Gasteiger partial charge in [-0.25, -0.2) is 4.98 Å². The highest BCUT2D eigenvalue weighted by molar-refractivity contribution is 5.76. The van der Waals surface area contributed by atoms with Gasteiger partial charge in [-0.2, -0.15) is 5.10 Å². The van der Waals surface area contributed by atoms with E-state index in [1.54, 1.807) is 12.4 Å². The predicted octanol–water partition coefficient (Wildman–Crippen LogP) is 1.25. The van der Waals surface area contributed by atoms with E-state index in [1.807, 2.05) is 29.5 Å². The summed E-state index contributed by atoms with van der Waals surface area (Å²) < 4.78 is 7.68. The van der Waals surface area contributed by atoms with Crippen LogP contribution >= 0.6 is 0 Å². The second kappa shape index (κ2) is 7.60. The van der Waals surface area contributed by atoms with Gasteiger partial charge in [-0.05, 0) is 26.3 Å². The largest absolute Gasteiger partial charge is 0.382 e. The van der Waals surface area contributed by atoms with E-state index >= 15 is 0 Å². The minimum absolute atomic E-state index is 0.122. The zero-order valence-corrected chi connectivity index (χ0v) is 14.7. The van der Waals surface area contributed by atoms with E-state index in [4.69, 9.17) is 10.5 Å². The van der Waals surface area contributed by atoms with Crippen molar-refractivity contribution in [3.63, 3.8) is 0 Å². The predicted molar refractivity (Wildman–Crippen MR) is 92.7 cm³/mol. The van der Waals surface area contributed by atoms with Crippen LogP contribution in [0.2, 0.25) is 0 Å². The van der Waals surface area contributed by atoms with Crippen molar-refractivity contribution in [3.05, 3.63) is 35.5 Å². The van der Waals surface area contributed by atoms with Crippen LogP contribution in [0.15, 0.2) is 18.5 Å². The number of nitrogen functional groups attached to an aromatic ring is 1. The molecular weight excluding hydrogens is 320 g/mol. The molecule has 0 aromatic carbocycles. The lowest BCUT2D eigenvalue weighted by atomic mass is 10.1. The van der Waals surface area contributed by atoms with E-state index in [1.165, 1.54) is 0 Å². The first-order valence-electron chi connectivity index (χ1n) is 8.51. The van der Waals surface area contributed by atoms with E-state index in [-0.39, 0.29) is 12.0 Å². The van der Waals surface area contributed by atoms with E-state index in [0.29, 0.717) is 37.6 Å². The van der Waals surface area contributed by atoms with Gasteiger partial charge < -0.3 is 15.4 Å². The molecule has 0 radical (unpaired) electrons. The van der Waals surface area contributed by atoms with Crippen LogP contribution in [-0.4, -0.2) is 50.3 Å². The quantitative estimate of drug-likeness (QED) is 0.876. The molecule has 8 nitrogen and oxygen atoms in total. The third-order valence-electron chi connectivity index (χ3n) is 4.34. The third kappa shape index (κ3) is 4.14. The topological polar surface area (TPSA) is 99.2 Å². The average molecular weight is 344 g/mol. The summed E-state index contributed by atoms with van der Waals surface area (Å²) >= 11 is 0. The molecule has 1 aliphatic rings. The van der Waals surface area contributed by atoms with Gasteiger partial charge in [0.05, 0.1) is 18.8 Å². The molecule has 2 aromatic heterocycles. The number of ether oxygens (including phenoxy) is 1. The summed E-state index contributed by atoms with van der Waals surface area (Å²) in [6, 6.07) is 2.04. The van der Waals surface area contributed by atoms with Crippen LogP contribution in [0.4, 0.5) is 5.82 Å². The lowest BCUT2D eigenvalue weighted by Gasteiger charge is -2.33. The lowest BCUT2D eigenvalue weighted by Crippen LogP contribution is -2.42. The summed E-state index contributed by atoms with van der Waals surface area (Å²) in [6.45, 7) is 6.28. The number of aryl methyl sites for hydroxylation is 3. The Bertz CT molecular complexity index is 744. The number of carbonyl (C=O) groups is 1. The molecule has 0 bridgehead atoms. The molecule has 0 spiro atoms. The number of amides is 1. The Hall–Kier alpha value is -2.48. The number of hydrogen-bond acceptors (Lipinski definition) is 6. The molecule has 1 unspecified atom stereocenters. The molecule has 3 rings (SSSR count). The Morgan fingerprint density at radius 1 is 1.36 bits per heavy atom. The number of aromatic nitrogens is 4. The SMILES string of the molecule is Cc1cc(C)n(CCCC(=O)N2CCOC(c3nccnc3N)C2)n1. The van der Waals surface area contributed by atoms with Gasteiger partial charge in [0.15, 0.2) is 0 Å². The Morgan fingerprint density at radius 2 is 2.16 bits per heavy atom. The Morgan fingerprint density at radius 3 is 2.88 bits per heavy atom. The molecule has 8 heteroatoms. The number of nitrogens with two attached hydrogens (primary N) is 1. The lowest BCUT2D eigenvalue weighted by molar-refractivity contribution is -0.139. The zero-order chi connectivity index (χ0) is 17.8. The van der Waals surface area contributed by atoms with Crippen molar-refractivity contribution in [1.82, 2.24) is 24.6 Å². The maximum absolute atomic E-state index is 12.5. The maximum atomic E-state index is 12.5. The van der Waals surface area contributed by atoms with Gasteiger partial charge in [0.1, 0.15) is 17.6 Å². The highest BCUT2D eigenvalue weighted by Gasteiger charge is 2.27. The van der Waals surface area contributed by atoms with Crippen molar-refractivity contribution in [2.75, 3.05) is 25.4 Å². The minimum Gasteiger partial charge on any atom is -0.382 e. The average Bonchev–Trinajstić information content (AvgIpc) is 2.93. The van der Waals surface area contributed by atoms with Crippen LogP contribution in [0.1, 0.15) is 36.0 Å². The fourth-order valence-electron chi connectivity index (χ4n) is 3.09. The minimum atomic E-state index is -0.317. The van der Waals surface area contributed by atoms with Crippen LogP contribution in [0, 0.1) is 13.8 Å². The maximum Gasteiger partial charge on any atom is 0.222 e. The van der Waals surface area contributed by atoms with Gasteiger partial charge in [-0.15, -0.1) is 0 Å². The summed E-state index contributed by atoms with van der Waals surface area (Å²) in [4.78, 5) is 22.6. The van der Waals surface area contributed by atoms with E-state index < -0.39 is 0 Å². The van der Waals surface area contributed by atoms with Gasteiger partial charge in [-0.1, -0.05) is 0 Å². The summed E-state index contributed by atoms with van der Waals surface area (Å²) in [5, 5.41) is 4.42. The van der Waals surface area contributed by atoms with Gasteiger partial charge in [0, 0.05) is 37.6 Å². The molecule has 1 amide bonds. The highest BCUT2D eigenvalue weighted by Crippen LogP contribution is 2.24. The molecule has 1 aliphatic heterocycles. The van der Waals surface area contributed by atoms with E-state index in [0.717, 1.165) is 24.4 Å². The van der Waals surface area contributed by atoms with Crippen molar-refractivity contribution in [2.45, 2.75) is 39.3 Å². The molecule has 25 heavy (non-hydrogen) atoms. The Labute approximate surface area is 147 Å². The number of carbonyl (C=O) groups excluding carboxylic acids is 1. The smallest absolute Gasteiger partial charge is 0.222 e. The van der Waals surface area contributed by atoms with Crippen molar-refractivity contribution in [1.29, 1.82) is 0 Å². The van der Waals surface area contributed by atoms with Crippen LogP contribution < -0.4 is 5.73 Å². The number of hydrogen-bond donors (Lipinski definition) is 1. The Kier molecular flexibility index (Phi) is 5.28. The van der Waals surface area contributed by atoms with E-state index in [2.05, 4.69) is 15.1 Å². The second-order valence-electron chi connectivity index (χ2n) is 6.28. The van der Waals surface area contributed by atoms with Crippen molar-refractivity contribution in [2.24, 2.45) is 0 Å². The first-order chi connectivity index (χ1) is 12.0. The van der Waals surface area contributed by atoms with Crippen LogP contribution in [0.25, 0.3) is 0 Å². The standard InChI is InChI=1S/C17H24N6O2/c1-12-10-13(2)23(21-12)7-3-4-15(24)22-8-9-25-14(11-22)16-17(18)20-6-5-19-16/h5-6,10,14H,3-4,7-9,11H2,1-2H3,(H2,18,20). The normalized spacial score (nSPS) is 17.7. The fourth-order valence-corrected chi connectivity index (χ4v) is 3.09. The molecule has 1 saturated heterocycles. The number of nitrogens with zero attached hydrogens (tertiary/aromatic N) is 5. The van der Waals surface area contributed by atoms with Gasteiger partial charge in [0.2, 0.25) is 5.91 Å². The van der Waals surface area contributed by atoms with Gasteiger partial charge >= 0.3 is 0 Å². The Balaban J connectivity index is 1.53. The molecule has 1 fully saturated rings. The first-order valence-corrected chi connectivity index (χ1v) is 8.51. The molecule has 3 heterocycles. The van der Waals surface area contributed by atoms with Crippen LogP contribution in [-0.2, 0) is 16.1 Å². The van der Waals surface area contributed by atoms with Crippen molar-refractivity contribution >= 4 is 11.7 Å². The summed E-state index contributed by atoms with van der Waals surface area (Å²) in [5.74, 6) is 0.476. The van der Waals surface area contributed by atoms with Crippen molar-refractivity contribution < 1.29 is 9.53 Å². The molecular formula is C17H24N6O2. The molecule has 0 saturated carbocycles. The molecule has 2 aromatic rings. The van der Waals surface area contributed by atoms with Gasteiger partial charge in [-0.3, -0.25) is 14.5 Å². The molecule has 134 valence electrons. The third-order valence-corrected chi connectivity index (χ3v) is 4.34. The van der Waals surface area contributed by atoms with Crippen LogP contribution in [0.5, 0.6) is 0 Å². The summed E-state index contributed by atoms with van der Waals surface area (Å²) in [7, 11) is 0. The summed E-state index contributed by atoms with van der Waals surface area (Å²) in [5.41, 5.74) is 8.59. The fraction of sp³-hybridized carbons (Fsp3) is 0.529. The van der Waals surface area contributed by atoms with E-state index in [9.17, 15) is 4.79 Å². The first kappa shape index (κ1) is 17.3. The number of anilines is 1. The number of rotatable bonds is 5. The highest BCUT2D eigenvalue weighted by atomic mass is 16.5. The summed E-state index contributed by atoms with van der Waals surface area (Å²) in [6.07, 6.45) is 4.06.